The van der Waals surface area contributed by atoms with Crippen LogP contribution in [-0.4, -0.2) is 8.80 Å². The van der Waals surface area contributed by atoms with Gasteiger partial charge in [0.2, 0.25) is 0 Å². The summed E-state index contributed by atoms with van der Waals surface area (Å²) in [6.07, 6.45) is 3.98. The molecule has 0 aliphatic rings. The molecular weight excluding hydrogens is 112 g/mol. The van der Waals surface area contributed by atoms with E-state index < -0.39 is 8.80 Å². The lowest BCUT2D eigenvalue weighted by Gasteiger charge is -2.07. The molecule has 0 heterocycles. The third-order valence-electron chi connectivity index (χ3n) is 1.31. The fourth-order valence-electron chi connectivity index (χ4n) is 0.641. The molecule has 8 heavy (non-hydrogen) atoms. The number of hydrogen-bond acceptors (Lipinski definition) is 0. The maximum atomic E-state index is 3.72. The third kappa shape index (κ3) is 2.12. The molecule has 0 rings (SSSR count). The summed E-state index contributed by atoms with van der Waals surface area (Å²) in [5.41, 5.74) is 0.620. The van der Waals surface area contributed by atoms with Crippen LogP contribution in [0.4, 0.5) is 0 Å². The van der Waals surface area contributed by atoms with Crippen molar-refractivity contribution < 1.29 is 0 Å². The smallest absolute Gasteiger partial charge is 0.0427 e. The van der Waals surface area contributed by atoms with E-state index in [0.717, 1.165) is 0 Å². The molecule has 0 aromatic carbocycles. The van der Waals surface area contributed by atoms with Crippen molar-refractivity contribution in [2.75, 3.05) is 0 Å². The molecule has 0 amide bonds. The molecule has 1 heteroatoms. The second-order valence-corrected chi connectivity index (χ2v) is 5.55. The van der Waals surface area contributed by atoms with Gasteiger partial charge in [-0.25, -0.2) is 0 Å². The largest absolute Gasteiger partial charge is 0.103 e. The van der Waals surface area contributed by atoms with Gasteiger partial charge in [0.05, 0.1) is 0 Å². The van der Waals surface area contributed by atoms with E-state index >= 15 is 0 Å². The molecule has 0 bridgehead atoms. The van der Waals surface area contributed by atoms with Crippen molar-refractivity contribution in [2.24, 2.45) is 0 Å². The van der Waals surface area contributed by atoms with Gasteiger partial charge in [-0.1, -0.05) is 25.2 Å². The molecular formula is C7H14Si. The van der Waals surface area contributed by atoms with Gasteiger partial charge in [-0.05, 0) is 5.54 Å². The van der Waals surface area contributed by atoms with Crippen molar-refractivity contribution in [3.63, 3.8) is 0 Å². The second kappa shape index (κ2) is 3.67. The van der Waals surface area contributed by atoms with Crippen LogP contribution < -0.4 is 0 Å². The molecule has 0 atom stereocenters. The van der Waals surface area contributed by atoms with Crippen LogP contribution >= 0.6 is 0 Å². The Bertz CT molecular complexity index is 76.4. The van der Waals surface area contributed by atoms with Gasteiger partial charge in [-0.2, -0.15) is 0 Å². The van der Waals surface area contributed by atoms with E-state index in [1.54, 1.807) is 0 Å². The Morgan fingerprint density at radius 1 is 1.25 bits per heavy atom. The van der Waals surface area contributed by atoms with Gasteiger partial charge in [-0.3, -0.25) is 0 Å². The topological polar surface area (TPSA) is 0 Å². The molecule has 0 aliphatic carbocycles. The maximum Gasteiger partial charge on any atom is 0.0427 e. The summed E-state index contributed by atoms with van der Waals surface area (Å²) in [6.45, 7) is 12.0. The number of rotatable bonds is 3. The molecule has 0 nitrogen and oxygen atoms in total. The monoisotopic (exact) mass is 126 g/mol. The van der Waals surface area contributed by atoms with Gasteiger partial charge < -0.3 is 0 Å². The molecule has 0 N–H and O–H groups in total. The molecule has 0 saturated carbocycles. The first-order chi connectivity index (χ1) is 3.72. The summed E-state index contributed by atoms with van der Waals surface area (Å²) in [5.74, 6) is 0. The van der Waals surface area contributed by atoms with Gasteiger partial charge in [0, 0.05) is 8.80 Å². The zero-order valence-electron chi connectivity index (χ0n) is 5.72. The van der Waals surface area contributed by atoms with E-state index in [-0.39, 0.29) is 0 Å². The Morgan fingerprint density at radius 2 is 1.62 bits per heavy atom. The maximum absolute atomic E-state index is 3.72. The molecule has 0 saturated heterocycles. The Balaban J connectivity index is 3.68. The van der Waals surface area contributed by atoms with Gasteiger partial charge in [0.15, 0.2) is 0 Å². The van der Waals surface area contributed by atoms with Crippen LogP contribution in [-0.2, 0) is 0 Å². The van der Waals surface area contributed by atoms with E-state index in [0.29, 0.717) is 5.54 Å². The zero-order valence-corrected chi connectivity index (χ0v) is 6.88. The fraction of sp³-hybridized carbons (Fsp3) is 0.429. The minimum absolute atomic E-state index is 0.522. The molecule has 0 fully saturated rings. The van der Waals surface area contributed by atoms with Crippen molar-refractivity contribution in [3.05, 3.63) is 25.3 Å². The highest BCUT2D eigenvalue weighted by atomic mass is 28.3. The SMILES string of the molecule is C=CC(C=C)[SiH](C)C. The Morgan fingerprint density at radius 3 is 1.62 bits per heavy atom. The highest BCUT2D eigenvalue weighted by Crippen LogP contribution is 2.10. The van der Waals surface area contributed by atoms with E-state index in [1.807, 2.05) is 12.2 Å². The highest BCUT2D eigenvalue weighted by molar-refractivity contribution is 6.58. The van der Waals surface area contributed by atoms with E-state index in [4.69, 9.17) is 0 Å². The van der Waals surface area contributed by atoms with Crippen LogP contribution in [0.15, 0.2) is 25.3 Å². The predicted octanol–water partition coefficient (Wildman–Crippen LogP) is 2.22. The first kappa shape index (κ1) is 7.70. The average Bonchev–Trinajstić information content (AvgIpc) is 1.69. The standard InChI is InChI=1S/C7H14Si/c1-5-7(6-2)8(3)4/h5-8H,1-2H2,3-4H3. The van der Waals surface area contributed by atoms with Crippen LogP contribution in [0, 0.1) is 0 Å². The Hall–Kier alpha value is -0.303. The fourth-order valence-corrected chi connectivity index (χ4v) is 1.73. The van der Waals surface area contributed by atoms with E-state index in [9.17, 15) is 0 Å². The molecule has 0 radical (unpaired) electrons. The van der Waals surface area contributed by atoms with Crippen molar-refractivity contribution in [1.82, 2.24) is 0 Å². The third-order valence-corrected chi connectivity index (χ3v) is 3.40. The van der Waals surface area contributed by atoms with Crippen molar-refractivity contribution >= 4 is 8.80 Å². The summed E-state index contributed by atoms with van der Waals surface area (Å²) in [4.78, 5) is 0. The van der Waals surface area contributed by atoms with Crippen LogP contribution in [0.2, 0.25) is 18.6 Å². The van der Waals surface area contributed by atoms with Gasteiger partial charge in [0.1, 0.15) is 0 Å². The van der Waals surface area contributed by atoms with Crippen molar-refractivity contribution in [1.29, 1.82) is 0 Å². The van der Waals surface area contributed by atoms with Crippen LogP contribution in [0.25, 0.3) is 0 Å². The van der Waals surface area contributed by atoms with E-state index in [2.05, 4.69) is 26.3 Å². The normalized spacial score (nSPS) is 10.0. The van der Waals surface area contributed by atoms with Gasteiger partial charge in [-0.15, -0.1) is 13.2 Å². The molecule has 0 spiro atoms. The highest BCUT2D eigenvalue weighted by Gasteiger charge is 2.03. The van der Waals surface area contributed by atoms with Gasteiger partial charge >= 0.3 is 0 Å². The van der Waals surface area contributed by atoms with Gasteiger partial charge in [0.25, 0.3) is 0 Å². The molecule has 46 valence electrons. The lowest BCUT2D eigenvalue weighted by molar-refractivity contribution is 1.33. The molecule has 0 unspecified atom stereocenters. The second-order valence-electron chi connectivity index (χ2n) is 2.29. The molecule has 0 aromatic heterocycles. The summed E-state index contributed by atoms with van der Waals surface area (Å²) >= 11 is 0. The van der Waals surface area contributed by atoms with E-state index in [1.165, 1.54) is 0 Å². The predicted molar refractivity (Wildman–Crippen MR) is 43.0 cm³/mol. The summed E-state index contributed by atoms with van der Waals surface area (Å²) in [5, 5.41) is 0. The summed E-state index contributed by atoms with van der Waals surface area (Å²) in [7, 11) is -0.522. The first-order valence-corrected chi connectivity index (χ1v) is 5.95. The zero-order chi connectivity index (χ0) is 6.57. The quantitative estimate of drug-likeness (QED) is 0.402. The average molecular weight is 126 g/mol. The van der Waals surface area contributed by atoms with Crippen molar-refractivity contribution in [2.45, 2.75) is 18.6 Å². The lowest BCUT2D eigenvalue weighted by atomic mass is 10.4. The van der Waals surface area contributed by atoms with Crippen LogP contribution in [0.3, 0.4) is 0 Å². The Labute approximate surface area is 53.5 Å². The van der Waals surface area contributed by atoms with Crippen LogP contribution in [0.1, 0.15) is 0 Å². The minimum Gasteiger partial charge on any atom is -0.103 e. The number of hydrogen-bond donors (Lipinski definition) is 0. The molecule has 0 aliphatic heterocycles. The molecule has 0 aromatic rings. The number of allylic oxidation sites excluding steroid dienone is 2. The minimum atomic E-state index is -0.522. The Kier molecular flexibility index (Phi) is 3.53. The van der Waals surface area contributed by atoms with Crippen molar-refractivity contribution in [3.8, 4) is 0 Å². The first-order valence-electron chi connectivity index (χ1n) is 2.97. The summed E-state index contributed by atoms with van der Waals surface area (Å²) in [6, 6.07) is 0. The van der Waals surface area contributed by atoms with Crippen LogP contribution in [0.5, 0.6) is 0 Å². The lowest BCUT2D eigenvalue weighted by Crippen LogP contribution is -2.05. The summed E-state index contributed by atoms with van der Waals surface area (Å²) < 4.78 is 0.